The second kappa shape index (κ2) is 6.55. The van der Waals surface area contributed by atoms with Gasteiger partial charge in [-0.3, -0.25) is 0 Å². The van der Waals surface area contributed by atoms with E-state index < -0.39 is 6.29 Å². The lowest BCUT2D eigenvalue weighted by atomic mass is 9.74. The lowest BCUT2D eigenvalue weighted by Crippen LogP contribution is -2.44. The molecular formula is C15H28O2. The largest absolute Gasteiger partial charge is 0.364 e. The fourth-order valence-electron chi connectivity index (χ4n) is 3.04. The highest BCUT2D eigenvalue weighted by atomic mass is 16.6. The SMILES string of the molecule is C=C(C)C(O)OC(CC)(CC)C1CCCCC1. The topological polar surface area (TPSA) is 29.5 Å². The van der Waals surface area contributed by atoms with Crippen molar-refractivity contribution in [2.75, 3.05) is 0 Å². The average Bonchev–Trinajstić information content (AvgIpc) is 2.36. The molecule has 0 saturated heterocycles. The number of hydrogen-bond donors (Lipinski definition) is 1. The average molecular weight is 240 g/mol. The molecule has 100 valence electrons. The molecule has 2 heteroatoms. The Bertz CT molecular complexity index is 237. The first-order chi connectivity index (χ1) is 8.05. The van der Waals surface area contributed by atoms with E-state index in [0.717, 1.165) is 12.8 Å². The van der Waals surface area contributed by atoms with Gasteiger partial charge in [-0.2, -0.15) is 0 Å². The van der Waals surface area contributed by atoms with Crippen LogP contribution >= 0.6 is 0 Å². The molecule has 0 radical (unpaired) electrons. The number of rotatable bonds is 6. The Kier molecular flexibility index (Phi) is 5.68. The first-order valence-electron chi connectivity index (χ1n) is 7.07. The highest BCUT2D eigenvalue weighted by Gasteiger charge is 2.39. The van der Waals surface area contributed by atoms with Crippen LogP contribution in [0.25, 0.3) is 0 Å². The molecule has 1 aliphatic rings. The molecule has 0 heterocycles. The zero-order valence-electron chi connectivity index (χ0n) is 11.7. The maximum atomic E-state index is 9.93. The van der Waals surface area contributed by atoms with Crippen molar-refractivity contribution in [3.8, 4) is 0 Å². The standard InChI is InChI=1S/C15H28O2/c1-5-15(6-2,17-14(16)12(3)4)13-10-8-7-9-11-13/h13-14,16H,3,5-11H2,1-2,4H3. The third-order valence-corrected chi connectivity index (χ3v) is 4.31. The molecule has 0 amide bonds. The summed E-state index contributed by atoms with van der Waals surface area (Å²) in [5, 5.41) is 9.93. The third kappa shape index (κ3) is 3.56. The van der Waals surface area contributed by atoms with Crippen molar-refractivity contribution in [1.82, 2.24) is 0 Å². The zero-order chi connectivity index (χ0) is 12.9. The van der Waals surface area contributed by atoms with Gasteiger partial charge in [0.25, 0.3) is 0 Å². The van der Waals surface area contributed by atoms with Gasteiger partial charge in [-0.15, -0.1) is 0 Å². The van der Waals surface area contributed by atoms with E-state index in [4.69, 9.17) is 4.74 Å². The first-order valence-corrected chi connectivity index (χ1v) is 7.07. The van der Waals surface area contributed by atoms with Gasteiger partial charge in [-0.1, -0.05) is 39.7 Å². The van der Waals surface area contributed by atoms with Gasteiger partial charge in [-0.05, 0) is 44.1 Å². The normalized spacial score (nSPS) is 20.2. The Morgan fingerprint density at radius 2 is 1.82 bits per heavy atom. The van der Waals surface area contributed by atoms with Crippen molar-refractivity contribution in [2.45, 2.75) is 77.6 Å². The summed E-state index contributed by atoms with van der Waals surface area (Å²) < 4.78 is 5.99. The van der Waals surface area contributed by atoms with Gasteiger partial charge in [0.2, 0.25) is 0 Å². The first kappa shape index (κ1) is 14.7. The Labute approximate surface area is 106 Å². The van der Waals surface area contributed by atoms with Gasteiger partial charge in [0.1, 0.15) is 0 Å². The second-order valence-corrected chi connectivity index (χ2v) is 5.42. The monoisotopic (exact) mass is 240 g/mol. The molecule has 0 aromatic rings. The fraction of sp³-hybridized carbons (Fsp3) is 0.867. The van der Waals surface area contributed by atoms with Crippen LogP contribution in [-0.2, 0) is 4.74 Å². The van der Waals surface area contributed by atoms with E-state index in [1.807, 2.05) is 6.92 Å². The molecule has 1 saturated carbocycles. The van der Waals surface area contributed by atoms with Crippen molar-refractivity contribution in [3.05, 3.63) is 12.2 Å². The summed E-state index contributed by atoms with van der Waals surface area (Å²) in [5.74, 6) is 0.597. The van der Waals surface area contributed by atoms with Gasteiger partial charge < -0.3 is 9.84 Å². The summed E-state index contributed by atoms with van der Waals surface area (Å²) in [6, 6.07) is 0. The molecule has 0 aliphatic heterocycles. The summed E-state index contributed by atoms with van der Waals surface area (Å²) in [6.07, 6.45) is 7.57. The lowest BCUT2D eigenvalue weighted by Gasteiger charge is -2.43. The molecule has 1 rings (SSSR count). The van der Waals surface area contributed by atoms with Gasteiger partial charge in [0.15, 0.2) is 6.29 Å². The van der Waals surface area contributed by atoms with E-state index in [1.165, 1.54) is 32.1 Å². The summed E-state index contributed by atoms with van der Waals surface area (Å²) in [5.41, 5.74) is 0.547. The van der Waals surface area contributed by atoms with Gasteiger partial charge in [0, 0.05) is 0 Å². The van der Waals surface area contributed by atoms with E-state index in [1.54, 1.807) is 0 Å². The van der Waals surface area contributed by atoms with E-state index in [9.17, 15) is 5.11 Å². The number of ether oxygens (including phenoxy) is 1. The molecule has 0 aromatic carbocycles. The molecular weight excluding hydrogens is 212 g/mol. The predicted octanol–water partition coefficient (Wildman–Crippen LogP) is 4.04. The van der Waals surface area contributed by atoms with Gasteiger partial charge in [0.05, 0.1) is 5.60 Å². The van der Waals surface area contributed by atoms with Crippen LogP contribution in [0.2, 0.25) is 0 Å². The summed E-state index contributed by atoms with van der Waals surface area (Å²) >= 11 is 0. The van der Waals surface area contributed by atoms with Crippen LogP contribution in [0.3, 0.4) is 0 Å². The third-order valence-electron chi connectivity index (χ3n) is 4.31. The summed E-state index contributed by atoms with van der Waals surface area (Å²) in [6.45, 7) is 9.94. The Morgan fingerprint density at radius 1 is 1.29 bits per heavy atom. The van der Waals surface area contributed by atoms with Crippen LogP contribution in [0.4, 0.5) is 0 Å². The molecule has 1 fully saturated rings. The molecule has 17 heavy (non-hydrogen) atoms. The number of hydrogen-bond acceptors (Lipinski definition) is 2. The molecule has 0 aromatic heterocycles. The van der Waals surface area contributed by atoms with E-state index in [0.29, 0.717) is 11.5 Å². The lowest BCUT2D eigenvalue weighted by molar-refractivity contribution is -0.196. The van der Waals surface area contributed by atoms with E-state index >= 15 is 0 Å². The highest BCUT2D eigenvalue weighted by molar-refractivity contribution is 4.96. The van der Waals surface area contributed by atoms with Crippen LogP contribution in [0.15, 0.2) is 12.2 Å². The Balaban J connectivity index is 2.75. The minimum Gasteiger partial charge on any atom is -0.364 e. The van der Waals surface area contributed by atoms with Crippen molar-refractivity contribution in [1.29, 1.82) is 0 Å². The zero-order valence-corrected chi connectivity index (χ0v) is 11.7. The minimum absolute atomic E-state index is 0.154. The maximum Gasteiger partial charge on any atom is 0.177 e. The fourth-order valence-corrected chi connectivity index (χ4v) is 3.04. The molecule has 0 spiro atoms. The Morgan fingerprint density at radius 3 is 2.24 bits per heavy atom. The van der Waals surface area contributed by atoms with Crippen molar-refractivity contribution in [2.24, 2.45) is 5.92 Å². The molecule has 1 unspecified atom stereocenters. The predicted molar refractivity (Wildman–Crippen MR) is 71.8 cm³/mol. The Hall–Kier alpha value is -0.340. The van der Waals surface area contributed by atoms with Crippen LogP contribution < -0.4 is 0 Å². The smallest absolute Gasteiger partial charge is 0.177 e. The highest BCUT2D eigenvalue weighted by Crippen LogP contribution is 2.40. The molecule has 2 nitrogen and oxygen atoms in total. The van der Waals surface area contributed by atoms with Crippen molar-refractivity contribution in [3.63, 3.8) is 0 Å². The number of aliphatic hydroxyl groups excluding tert-OH is 1. The minimum atomic E-state index is -0.808. The van der Waals surface area contributed by atoms with Crippen LogP contribution in [0.1, 0.15) is 65.7 Å². The van der Waals surface area contributed by atoms with E-state index in [2.05, 4.69) is 20.4 Å². The number of aliphatic hydroxyl groups is 1. The van der Waals surface area contributed by atoms with Crippen LogP contribution in [0.5, 0.6) is 0 Å². The van der Waals surface area contributed by atoms with Crippen LogP contribution in [0, 0.1) is 5.92 Å². The van der Waals surface area contributed by atoms with E-state index in [-0.39, 0.29) is 5.60 Å². The summed E-state index contributed by atoms with van der Waals surface area (Å²) in [4.78, 5) is 0. The van der Waals surface area contributed by atoms with Crippen LogP contribution in [-0.4, -0.2) is 17.0 Å². The molecule has 0 bridgehead atoms. The van der Waals surface area contributed by atoms with Gasteiger partial charge >= 0.3 is 0 Å². The van der Waals surface area contributed by atoms with Crippen molar-refractivity contribution >= 4 is 0 Å². The molecule has 1 N–H and O–H groups in total. The van der Waals surface area contributed by atoms with Gasteiger partial charge in [-0.25, -0.2) is 0 Å². The summed E-state index contributed by atoms with van der Waals surface area (Å²) in [7, 11) is 0. The molecule has 1 atom stereocenters. The van der Waals surface area contributed by atoms with Crippen molar-refractivity contribution < 1.29 is 9.84 Å². The maximum absolute atomic E-state index is 9.93. The second-order valence-electron chi connectivity index (χ2n) is 5.42. The quantitative estimate of drug-likeness (QED) is 0.561. The molecule has 1 aliphatic carbocycles.